The summed E-state index contributed by atoms with van der Waals surface area (Å²) in [5.74, 6) is -0.470. The van der Waals surface area contributed by atoms with Gasteiger partial charge in [0.15, 0.2) is 0 Å². The molecular formula is C20H23IN2O3S. The van der Waals surface area contributed by atoms with Crippen LogP contribution in [0.2, 0.25) is 0 Å². The van der Waals surface area contributed by atoms with Crippen molar-refractivity contribution >= 4 is 44.2 Å². The van der Waals surface area contributed by atoms with Gasteiger partial charge in [0.2, 0.25) is 15.9 Å². The molecule has 0 saturated carbocycles. The fourth-order valence-corrected chi connectivity index (χ4v) is 5.32. The Balaban J connectivity index is 1.66. The highest BCUT2D eigenvalue weighted by Crippen LogP contribution is 2.24. The van der Waals surface area contributed by atoms with Gasteiger partial charge in [-0.2, -0.15) is 0 Å². The molecule has 1 amide bonds. The van der Waals surface area contributed by atoms with Crippen molar-refractivity contribution in [2.45, 2.75) is 25.5 Å². The maximum absolute atomic E-state index is 12.9. The number of benzene rings is 2. The van der Waals surface area contributed by atoms with Gasteiger partial charge >= 0.3 is 0 Å². The molecule has 0 aromatic heterocycles. The Bertz CT molecular complexity index is 913. The van der Waals surface area contributed by atoms with Gasteiger partial charge in [0.05, 0.1) is 11.7 Å². The van der Waals surface area contributed by atoms with Crippen LogP contribution in [0.15, 0.2) is 48.5 Å². The van der Waals surface area contributed by atoms with E-state index < -0.39 is 10.0 Å². The zero-order valence-electron chi connectivity index (χ0n) is 15.2. The molecule has 0 radical (unpaired) electrons. The minimum Gasteiger partial charge on any atom is -0.326 e. The molecular weight excluding hydrogens is 475 g/mol. The van der Waals surface area contributed by atoms with Crippen molar-refractivity contribution in [3.05, 3.63) is 63.2 Å². The van der Waals surface area contributed by atoms with Gasteiger partial charge in [-0.3, -0.25) is 4.79 Å². The molecule has 0 aliphatic carbocycles. The van der Waals surface area contributed by atoms with Crippen LogP contribution in [-0.4, -0.2) is 31.7 Å². The second-order valence-electron chi connectivity index (χ2n) is 6.88. The summed E-state index contributed by atoms with van der Waals surface area (Å²) < 4.78 is 28.3. The molecule has 1 aliphatic rings. The molecule has 1 N–H and O–H groups in total. The summed E-state index contributed by atoms with van der Waals surface area (Å²) in [5.41, 5.74) is 2.51. The van der Waals surface area contributed by atoms with Crippen molar-refractivity contribution in [2.75, 3.05) is 18.4 Å². The van der Waals surface area contributed by atoms with Crippen LogP contribution in [0.1, 0.15) is 24.0 Å². The Hall–Kier alpha value is -1.45. The number of anilines is 1. The zero-order chi connectivity index (χ0) is 19.4. The maximum atomic E-state index is 12.9. The van der Waals surface area contributed by atoms with Crippen LogP contribution in [-0.2, 0) is 20.6 Å². The van der Waals surface area contributed by atoms with E-state index in [-0.39, 0.29) is 24.1 Å². The number of nitrogens with one attached hydrogen (secondary N) is 1. The normalized spacial score (nSPS) is 18.2. The molecule has 1 unspecified atom stereocenters. The number of amides is 1. The molecule has 3 rings (SSSR count). The highest BCUT2D eigenvalue weighted by Gasteiger charge is 2.32. The second-order valence-corrected chi connectivity index (χ2v) is 10.1. The first-order valence-electron chi connectivity index (χ1n) is 8.94. The zero-order valence-corrected chi connectivity index (χ0v) is 18.2. The van der Waals surface area contributed by atoms with E-state index in [0.29, 0.717) is 19.4 Å². The molecule has 7 heteroatoms. The summed E-state index contributed by atoms with van der Waals surface area (Å²) in [4.78, 5) is 12.6. The van der Waals surface area contributed by atoms with Gasteiger partial charge in [-0.1, -0.05) is 24.3 Å². The summed E-state index contributed by atoms with van der Waals surface area (Å²) in [6, 6.07) is 15.1. The lowest BCUT2D eigenvalue weighted by Gasteiger charge is -2.31. The Kier molecular flexibility index (Phi) is 6.54. The molecule has 1 aliphatic heterocycles. The highest BCUT2D eigenvalue weighted by molar-refractivity contribution is 14.1. The molecule has 1 fully saturated rings. The van der Waals surface area contributed by atoms with Crippen molar-refractivity contribution < 1.29 is 13.2 Å². The summed E-state index contributed by atoms with van der Waals surface area (Å²) in [6.45, 7) is 2.63. The number of rotatable bonds is 5. The van der Waals surface area contributed by atoms with E-state index in [0.717, 1.165) is 20.4 Å². The summed E-state index contributed by atoms with van der Waals surface area (Å²) >= 11 is 2.21. The van der Waals surface area contributed by atoms with E-state index in [1.165, 1.54) is 4.31 Å². The first-order chi connectivity index (χ1) is 12.8. The Labute approximate surface area is 174 Å². The van der Waals surface area contributed by atoms with Gasteiger partial charge in [0.25, 0.3) is 0 Å². The number of hydrogen-bond acceptors (Lipinski definition) is 3. The monoisotopic (exact) mass is 498 g/mol. The molecule has 2 aromatic carbocycles. The Morgan fingerprint density at radius 3 is 2.59 bits per heavy atom. The fourth-order valence-electron chi connectivity index (χ4n) is 3.25. The number of carbonyl (C=O) groups excluding carboxylic acids is 1. The summed E-state index contributed by atoms with van der Waals surface area (Å²) in [6.07, 6.45) is 1.39. The van der Waals surface area contributed by atoms with Gasteiger partial charge in [-0.25, -0.2) is 12.7 Å². The molecule has 1 atom stereocenters. The summed E-state index contributed by atoms with van der Waals surface area (Å²) in [5, 5.41) is 2.91. The van der Waals surface area contributed by atoms with Crippen molar-refractivity contribution in [1.29, 1.82) is 0 Å². The third-order valence-electron chi connectivity index (χ3n) is 4.86. The SMILES string of the molecule is Cc1ccccc1CS(=O)(=O)N1CCCC(C(=O)Nc2ccc(I)cc2)C1. The minimum atomic E-state index is -3.45. The molecule has 1 saturated heterocycles. The first kappa shape index (κ1) is 20.3. The van der Waals surface area contributed by atoms with E-state index in [9.17, 15) is 13.2 Å². The fraction of sp³-hybridized carbons (Fsp3) is 0.350. The van der Waals surface area contributed by atoms with Crippen molar-refractivity contribution in [3.63, 3.8) is 0 Å². The predicted octanol–water partition coefficient (Wildman–Crippen LogP) is 3.78. The number of piperidine rings is 1. The van der Waals surface area contributed by atoms with Crippen LogP contribution in [0.5, 0.6) is 0 Å². The topological polar surface area (TPSA) is 66.5 Å². The molecule has 144 valence electrons. The van der Waals surface area contributed by atoms with E-state index in [2.05, 4.69) is 27.9 Å². The molecule has 1 heterocycles. The van der Waals surface area contributed by atoms with E-state index >= 15 is 0 Å². The molecule has 5 nitrogen and oxygen atoms in total. The van der Waals surface area contributed by atoms with Gasteiger partial charge < -0.3 is 5.32 Å². The van der Waals surface area contributed by atoms with Crippen molar-refractivity contribution in [1.82, 2.24) is 4.31 Å². The van der Waals surface area contributed by atoms with Crippen molar-refractivity contribution in [2.24, 2.45) is 5.92 Å². The number of hydrogen-bond donors (Lipinski definition) is 1. The average molecular weight is 498 g/mol. The van der Waals surface area contributed by atoms with E-state index in [4.69, 9.17) is 0 Å². The first-order valence-corrected chi connectivity index (χ1v) is 11.6. The van der Waals surface area contributed by atoms with Gasteiger partial charge in [-0.15, -0.1) is 0 Å². The number of sulfonamides is 1. The minimum absolute atomic E-state index is 0.0227. The number of halogens is 1. The van der Waals surface area contributed by atoms with E-state index in [1.54, 1.807) is 0 Å². The highest BCUT2D eigenvalue weighted by atomic mass is 127. The van der Waals surface area contributed by atoms with Gasteiger partial charge in [-0.05, 0) is 77.7 Å². The predicted molar refractivity (Wildman–Crippen MR) is 116 cm³/mol. The van der Waals surface area contributed by atoms with Crippen LogP contribution >= 0.6 is 22.6 Å². The smallest absolute Gasteiger partial charge is 0.228 e. The summed E-state index contributed by atoms with van der Waals surface area (Å²) in [7, 11) is -3.45. The Morgan fingerprint density at radius 1 is 1.19 bits per heavy atom. The van der Waals surface area contributed by atoms with Crippen LogP contribution in [0, 0.1) is 16.4 Å². The Morgan fingerprint density at radius 2 is 1.89 bits per heavy atom. The van der Waals surface area contributed by atoms with Crippen LogP contribution < -0.4 is 5.32 Å². The van der Waals surface area contributed by atoms with Crippen LogP contribution in [0.4, 0.5) is 5.69 Å². The number of aryl methyl sites for hydroxylation is 1. The van der Waals surface area contributed by atoms with Crippen LogP contribution in [0.3, 0.4) is 0 Å². The van der Waals surface area contributed by atoms with Gasteiger partial charge in [0, 0.05) is 22.3 Å². The lowest BCUT2D eigenvalue weighted by atomic mass is 9.99. The second kappa shape index (κ2) is 8.70. The average Bonchev–Trinajstić information content (AvgIpc) is 2.65. The maximum Gasteiger partial charge on any atom is 0.228 e. The quantitative estimate of drug-likeness (QED) is 0.639. The molecule has 0 spiro atoms. The molecule has 0 bridgehead atoms. The standard InChI is InChI=1S/C20H23IN2O3S/c1-15-5-2-3-6-17(15)14-27(25,26)23-12-4-7-16(13-23)20(24)22-19-10-8-18(21)9-11-19/h2-3,5-6,8-11,16H,4,7,12-14H2,1H3,(H,22,24). The molecule has 2 aromatic rings. The van der Waals surface area contributed by atoms with Crippen molar-refractivity contribution in [3.8, 4) is 0 Å². The van der Waals surface area contributed by atoms with Gasteiger partial charge in [0.1, 0.15) is 0 Å². The third-order valence-corrected chi connectivity index (χ3v) is 7.37. The number of carbonyl (C=O) groups is 1. The lowest BCUT2D eigenvalue weighted by Crippen LogP contribution is -2.44. The number of nitrogens with zero attached hydrogens (tertiary/aromatic N) is 1. The molecule has 27 heavy (non-hydrogen) atoms. The lowest BCUT2D eigenvalue weighted by molar-refractivity contribution is -0.120. The van der Waals surface area contributed by atoms with E-state index in [1.807, 2.05) is 55.5 Å². The van der Waals surface area contributed by atoms with Crippen LogP contribution in [0.25, 0.3) is 0 Å². The largest absolute Gasteiger partial charge is 0.326 e. The third kappa shape index (κ3) is 5.30.